The lowest BCUT2D eigenvalue weighted by atomic mass is 10.2. The topological polar surface area (TPSA) is 59.8 Å². The van der Waals surface area contributed by atoms with Crippen LogP contribution in [0, 0.1) is 5.82 Å². The van der Waals surface area contributed by atoms with Gasteiger partial charge in [-0.3, -0.25) is 14.3 Å². The smallest absolute Gasteiger partial charge is 0.269 e. The molecule has 0 bridgehead atoms. The molecule has 0 aliphatic rings. The highest BCUT2D eigenvalue weighted by Gasteiger charge is 2.17. The molecule has 0 saturated carbocycles. The summed E-state index contributed by atoms with van der Waals surface area (Å²) in [7, 11) is 0. The van der Waals surface area contributed by atoms with Crippen molar-refractivity contribution >= 4 is 17.7 Å². The number of imidazole rings is 1. The standard InChI is InChI=1S/C18H17FN4OS/c1-25-18-22-12-16(23(18)15-7-5-13(19)6-8-15)17(24)21-11-9-14-4-2-3-10-20-14/h2-8,10,12H,9,11H2,1H3,(H,21,24). The zero-order chi connectivity index (χ0) is 17.6. The van der Waals surface area contributed by atoms with Gasteiger partial charge in [0.1, 0.15) is 11.5 Å². The number of hydrogen-bond donors (Lipinski definition) is 1. The van der Waals surface area contributed by atoms with Gasteiger partial charge in [0.05, 0.1) is 6.20 Å². The number of rotatable bonds is 6. The molecule has 1 aromatic carbocycles. The van der Waals surface area contributed by atoms with E-state index < -0.39 is 0 Å². The van der Waals surface area contributed by atoms with Crippen LogP contribution in [0.4, 0.5) is 4.39 Å². The molecule has 2 heterocycles. The van der Waals surface area contributed by atoms with Crippen molar-refractivity contribution in [3.8, 4) is 5.69 Å². The minimum atomic E-state index is -0.323. The SMILES string of the molecule is CSc1ncc(C(=O)NCCc2ccccn2)n1-c1ccc(F)cc1. The highest BCUT2D eigenvalue weighted by atomic mass is 32.2. The lowest BCUT2D eigenvalue weighted by Gasteiger charge is -2.11. The monoisotopic (exact) mass is 356 g/mol. The molecule has 2 aromatic heterocycles. The van der Waals surface area contributed by atoms with Crippen LogP contribution in [0.2, 0.25) is 0 Å². The Morgan fingerprint density at radius 1 is 1.20 bits per heavy atom. The third kappa shape index (κ3) is 4.06. The molecule has 0 saturated heterocycles. The Hall–Kier alpha value is -2.67. The summed E-state index contributed by atoms with van der Waals surface area (Å²) in [6, 6.07) is 11.7. The van der Waals surface area contributed by atoms with Gasteiger partial charge in [-0.25, -0.2) is 9.37 Å². The van der Waals surface area contributed by atoms with Gasteiger partial charge >= 0.3 is 0 Å². The number of nitrogens with zero attached hydrogens (tertiary/aromatic N) is 3. The first-order chi connectivity index (χ1) is 12.2. The highest BCUT2D eigenvalue weighted by Crippen LogP contribution is 2.22. The fraction of sp³-hybridized carbons (Fsp3) is 0.167. The molecule has 0 aliphatic carbocycles. The van der Waals surface area contributed by atoms with Gasteiger partial charge in [0.15, 0.2) is 5.16 Å². The van der Waals surface area contributed by atoms with E-state index in [1.54, 1.807) is 22.9 Å². The van der Waals surface area contributed by atoms with Crippen LogP contribution in [0.1, 0.15) is 16.2 Å². The maximum Gasteiger partial charge on any atom is 0.269 e. The van der Waals surface area contributed by atoms with E-state index in [1.165, 1.54) is 30.1 Å². The Morgan fingerprint density at radius 3 is 2.68 bits per heavy atom. The number of pyridine rings is 1. The molecule has 25 heavy (non-hydrogen) atoms. The van der Waals surface area contributed by atoms with Gasteiger partial charge in [0, 0.05) is 30.5 Å². The Balaban J connectivity index is 1.76. The molecule has 5 nitrogen and oxygen atoms in total. The van der Waals surface area contributed by atoms with Gasteiger partial charge < -0.3 is 5.32 Å². The summed E-state index contributed by atoms with van der Waals surface area (Å²) in [6.45, 7) is 0.471. The number of amides is 1. The van der Waals surface area contributed by atoms with E-state index in [-0.39, 0.29) is 11.7 Å². The van der Waals surface area contributed by atoms with Crippen LogP contribution < -0.4 is 5.32 Å². The predicted octanol–water partition coefficient (Wildman–Crippen LogP) is 3.10. The average Bonchev–Trinajstić information content (AvgIpc) is 3.07. The normalized spacial score (nSPS) is 10.6. The first-order valence-corrected chi connectivity index (χ1v) is 8.97. The van der Waals surface area contributed by atoms with Crippen LogP contribution in [0.3, 0.4) is 0 Å². The molecule has 1 N–H and O–H groups in total. The summed E-state index contributed by atoms with van der Waals surface area (Å²) in [5.41, 5.74) is 2.02. The molecular formula is C18H17FN4OS. The van der Waals surface area contributed by atoms with Crippen LogP contribution in [-0.2, 0) is 6.42 Å². The van der Waals surface area contributed by atoms with Crippen LogP contribution in [0.15, 0.2) is 60.0 Å². The molecule has 128 valence electrons. The lowest BCUT2D eigenvalue weighted by Crippen LogP contribution is -2.27. The minimum absolute atomic E-state index is 0.229. The average molecular weight is 356 g/mol. The van der Waals surface area contributed by atoms with Gasteiger partial charge in [-0.05, 0) is 42.7 Å². The maximum absolute atomic E-state index is 13.2. The molecule has 7 heteroatoms. The molecule has 0 unspecified atom stereocenters. The van der Waals surface area contributed by atoms with Crippen LogP contribution in [0.5, 0.6) is 0 Å². The summed E-state index contributed by atoms with van der Waals surface area (Å²) in [6.07, 6.45) is 5.79. The third-order valence-electron chi connectivity index (χ3n) is 3.62. The van der Waals surface area contributed by atoms with E-state index >= 15 is 0 Å². The van der Waals surface area contributed by atoms with E-state index in [4.69, 9.17) is 0 Å². The number of hydrogen-bond acceptors (Lipinski definition) is 4. The van der Waals surface area contributed by atoms with Crippen molar-refractivity contribution in [1.29, 1.82) is 0 Å². The van der Waals surface area contributed by atoms with Crippen molar-refractivity contribution in [3.05, 3.63) is 72.1 Å². The van der Waals surface area contributed by atoms with Crippen LogP contribution >= 0.6 is 11.8 Å². The number of thioether (sulfide) groups is 1. The first kappa shape index (κ1) is 17.2. The van der Waals surface area contributed by atoms with E-state index in [0.29, 0.717) is 29.5 Å². The second-order valence-electron chi connectivity index (χ2n) is 5.27. The summed E-state index contributed by atoms with van der Waals surface area (Å²) < 4.78 is 14.9. The number of halogens is 1. The van der Waals surface area contributed by atoms with Gasteiger partial charge in [0.25, 0.3) is 5.91 Å². The molecule has 3 rings (SSSR count). The van der Waals surface area contributed by atoms with Crippen molar-refractivity contribution in [2.24, 2.45) is 0 Å². The lowest BCUT2D eigenvalue weighted by molar-refractivity contribution is 0.0946. The first-order valence-electron chi connectivity index (χ1n) is 7.75. The maximum atomic E-state index is 13.2. The van der Waals surface area contributed by atoms with Crippen molar-refractivity contribution < 1.29 is 9.18 Å². The predicted molar refractivity (Wildman–Crippen MR) is 95.6 cm³/mol. The van der Waals surface area contributed by atoms with Crippen molar-refractivity contribution in [2.45, 2.75) is 11.6 Å². The number of benzene rings is 1. The molecule has 0 spiro atoms. The Bertz CT molecular complexity index is 849. The fourth-order valence-electron chi connectivity index (χ4n) is 2.42. The Kier molecular flexibility index (Phi) is 5.45. The molecule has 0 atom stereocenters. The summed E-state index contributed by atoms with van der Waals surface area (Å²) in [5.74, 6) is -0.552. The van der Waals surface area contributed by atoms with E-state index in [2.05, 4.69) is 15.3 Å². The van der Waals surface area contributed by atoms with E-state index in [9.17, 15) is 9.18 Å². The Labute approximate surface area is 149 Å². The number of carbonyl (C=O) groups excluding carboxylic acids is 1. The van der Waals surface area contributed by atoms with Crippen molar-refractivity contribution in [3.63, 3.8) is 0 Å². The largest absolute Gasteiger partial charge is 0.350 e. The zero-order valence-electron chi connectivity index (χ0n) is 13.6. The highest BCUT2D eigenvalue weighted by molar-refractivity contribution is 7.98. The summed E-state index contributed by atoms with van der Waals surface area (Å²) >= 11 is 1.42. The molecule has 3 aromatic rings. The van der Waals surface area contributed by atoms with Gasteiger partial charge in [-0.1, -0.05) is 17.8 Å². The Morgan fingerprint density at radius 2 is 2.00 bits per heavy atom. The number of aromatic nitrogens is 3. The molecule has 0 fully saturated rings. The second kappa shape index (κ2) is 7.94. The minimum Gasteiger partial charge on any atom is -0.350 e. The van der Waals surface area contributed by atoms with Gasteiger partial charge in [0.2, 0.25) is 0 Å². The van der Waals surface area contributed by atoms with E-state index in [0.717, 1.165) is 5.69 Å². The fourth-order valence-corrected chi connectivity index (χ4v) is 2.96. The van der Waals surface area contributed by atoms with Gasteiger partial charge in [-0.2, -0.15) is 0 Å². The van der Waals surface area contributed by atoms with Crippen molar-refractivity contribution in [2.75, 3.05) is 12.8 Å². The van der Waals surface area contributed by atoms with Crippen molar-refractivity contribution in [1.82, 2.24) is 19.9 Å². The number of carbonyl (C=O) groups is 1. The third-order valence-corrected chi connectivity index (χ3v) is 4.28. The quantitative estimate of drug-likeness (QED) is 0.690. The summed E-state index contributed by atoms with van der Waals surface area (Å²) in [5, 5.41) is 3.55. The summed E-state index contributed by atoms with van der Waals surface area (Å²) in [4.78, 5) is 21.1. The van der Waals surface area contributed by atoms with Crippen LogP contribution in [0.25, 0.3) is 5.69 Å². The second-order valence-corrected chi connectivity index (χ2v) is 6.04. The van der Waals surface area contributed by atoms with Gasteiger partial charge in [-0.15, -0.1) is 0 Å². The number of nitrogens with one attached hydrogen (secondary N) is 1. The molecule has 0 aliphatic heterocycles. The molecule has 0 radical (unpaired) electrons. The van der Waals surface area contributed by atoms with Crippen LogP contribution in [-0.4, -0.2) is 33.2 Å². The zero-order valence-corrected chi connectivity index (χ0v) is 14.5. The molecule has 1 amide bonds. The molecular weight excluding hydrogens is 339 g/mol. The van der Waals surface area contributed by atoms with E-state index in [1.807, 2.05) is 24.5 Å².